The number of benzene rings is 1. The summed E-state index contributed by atoms with van der Waals surface area (Å²) in [6.45, 7) is 3.83. The Balaban J connectivity index is 1.67. The number of ether oxygens (including phenoxy) is 1. The van der Waals surface area contributed by atoms with E-state index >= 15 is 0 Å². The zero-order valence-electron chi connectivity index (χ0n) is 11.4. The van der Waals surface area contributed by atoms with Crippen LogP contribution in [0, 0.1) is 0 Å². The lowest BCUT2D eigenvalue weighted by molar-refractivity contribution is 0.356. The van der Waals surface area contributed by atoms with E-state index in [1.807, 2.05) is 24.0 Å². The summed E-state index contributed by atoms with van der Waals surface area (Å²) in [5, 5.41) is 7.71. The summed E-state index contributed by atoms with van der Waals surface area (Å²) in [6, 6.07) is 8.84. The topological polar surface area (TPSA) is 39.1 Å². The summed E-state index contributed by atoms with van der Waals surface area (Å²) in [5.74, 6) is 1.04. The van der Waals surface area contributed by atoms with Crippen molar-refractivity contribution < 1.29 is 4.74 Å². The van der Waals surface area contributed by atoms with E-state index in [0.29, 0.717) is 6.04 Å². The molecule has 3 rings (SSSR count). The molecule has 1 unspecified atom stereocenters. The molecule has 0 bridgehead atoms. The fraction of sp³-hybridized carbons (Fsp3) is 0.400. The van der Waals surface area contributed by atoms with Gasteiger partial charge >= 0.3 is 0 Å². The van der Waals surface area contributed by atoms with Crippen molar-refractivity contribution in [2.24, 2.45) is 7.05 Å². The molecule has 4 heteroatoms. The molecule has 1 N–H and O–H groups in total. The lowest BCUT2D eigenvalue weighted by atomic mass is 10.0. The number of nitrogens with one attached hydrogen (secondary N) is 1. The molecule has 2 heterocycles. The fourth-order valence-corrected chi connectivity index (χ4v) is 2.43. The summed E-state index contributed by atoms with van der Waals surface area (Å²) in [7, 11) is 1.97. The van der Waals surface area contributed by atoms with Crippen LogP contribution in [0.4, 0.5) is 0 Å². The van der Waals surface area contributed by atoms with Crippen molar-refractivity contribution in [3.8, 4) is 5.75 Å². The van der Waals surface area contributed by atoms with Gasteiger partial charge in [0, 0.05) is 32.3 Å². The molecule has 1 aliphatic heterocycles. The van der Waals surface area contributed by atoms with Gasteiger partial charge in [0.1, 0.15) is 5.75 Å². The number of hydrogen-bond acceptors (Lipinski definition) is 3. The Morgan fingerprint density at radius 3 is 3.11 bits per heavy atom. The highest BCUT2D eigenvalue weighted by Gasteiger charge is 2.14. The van der Waals surface area contributed by atoms with Crippen LogP contribution in [0.3, 0.4) is 0 Å². The molecule has 0 amide bonds. The summed E-state index contributed by atoms with van der Waals surface area (Å²) in [4.78, 5) is 0. The molecular formula is C15H19N3O. The quantitative estimate of drug-likeness (QED) is 0.912. The first-order chi connectivity index (χ1) is 9.24. The number of aromatic nitrogens is 2. The van der Waals surface area contributed by atoms with Crippen molar-refractivity contribution in [2.45, 2.75) is 25.9 Å². The fourth-order valence-electron chi connectivity index (χ4n) is 2.43. The zero-order valence-corrected chi connectivity index (χ0v) is 11.4. The van der Waals surface area contributed by atoms with Gasteiger partial charge in [0.25, 0.3) is 0 Å². The molecule has 2 aromatic rings. The molecule has 0 saturated carbocycles. The van der Waals surface area contributed by atoms with Crippen LogP contribution in [0.5, 0.6) is 5.75 Å². The van der Waals surface area contributed by atoms with Gasteiger partial charge in [-0.05, 0) is 30.2 Å². The molecule has 0 fully saturated rings. The van der Waals surface area contributed by atoms with E-state index in [1.54, 1.807) is 0 Å². The van der Waals surface area contributed by atoms with Crippen molar-refractivity contribution in [2.75, 3.05) is 6.61 Å². The molecule has 0 aliphatic carbocycles. The van der Waals surface area contributed by atoms with Gasteiger partial charge < -0.3 is 10.1 Å². The standard InChI is InChI=1S/C15H19N3O/c1-11(16-10-14-5-7-17-18(14)2)12-3-4-15-13(9-12)6-8-19-15/h3-5,7,9,11,16H,6,8,10H2,1-2H3. The highest BCUT2D eigenvalue weighted by molar-refractivity contribution is 5.40. The minimum atomic E-state index is 0.320. The summed E-state index contributed by atoms with van der Waals surface area (Å²) < 4.78 is 7.43. The summed E-state index contributed by atoms with van der Waals surface area (Å²) >= 11 is 0. The molecule has 0 saturated heterocycles. The number of aryl methyl sites for hydroxylation is 1. The molecule has 1 aromatic heterocycles. The SMILES string of the molecule is CC(NCc1ccnn1C)c1ccc2c(c1)CCO2. The Hall–Kier alpha value is -1.81. The van der Waals surface area contributed by atoms with Gasteiger partial charge in [-0.15, -0.1) is 0 Å². The number of hydrogen-bond donors (Lipinski definition) is 1. The van der Waals surface area contributed by atoms with Gasteiger partial charge in [-0.3, -0.25) is 4.68 Å². The van der Waals surface area contributed by atoms with Gasteiger partial charge in [0.05, 0.1) is 12.3 Å². The molecule has 1 aliphatic rings. The summed E-state index contributed by atoms with van der Waals surface area (Å²) in [6.07, 6.45) is 2.85. The first kappa shape index (κ1) is 12.2. The van der Waals surface area contributed by atoms with Crippen LogP contribution < -0.4 is 10.1 Å². The molecular weight excluding hydrogens is 238 g/mol. The first-order valence-corrected chi connectivity index (χ1v) is 6.70. The Kier molecular flexibility index (Phi) is 3.25. The van der Waals surface area contributed by atoms with Gasteiger partial charge in [0.2, 0.25) is 0 Å². The number of fused-ring (bicyclic) bond motifs is 1. The Morgan fingerprint density at radius 2 is 2.32 bits per heavy atom. The second-order valence-corrected chi connectivity index (χ2v) is 5.01. The monoisotopic (exact) mass is 257 g/mol. The van der Waals surface area contributed by atoms with Gasteiger partial charge in [-0.25, -0.2) is 0 Å². The Bertz CT molecular complexity index is 577. The smallest absolute Gasteiger partial charge is 0.122 e. The summed E-state index contributed by atoms with van der Waals surface area (Å²) in [5.41, 5.74) is 3.83. The van der Waals surface area contributed by atoms with Crippen LogP contribution in [0.2, 0.25) is 0 Å². The van der Waals surface area contributed by atoms with Gasteiger partial charge in [0.15, 0.2) is 0 Å². The third-order valence-electron chi connectivity index (χ3n) is 3.73. The van der Waals surface area contributed by atoms with Crippen LogP contribution in [-0.2, 0) is 20.0 Å². The minimum Gasteiger partial charge on any atom is -0.493 e. The maximum atomic E-state index is 5.54. The zero-order chi connectivity index (χ0) is 13.2. The lowest BCUT2D eigenvalue weighted by Gasteiger charge is -2.15. The largest absolute Gasteiger partial charge is 0.493 e. The Morgan fingerprint density at radius 1 is 1.42 bits per heavy atom. The number of rotatable bonds is 4. The normalized spacial score (nSPS) is 15.1. The van der Waals surface area contributed by atoms with Crippen LogP contribution in [0.15, 0.2) is 30.5 Å². The van der Waals surface area contributed by atoms with Crippen molar-refractivity contribution in [3.05, 3.63) is 47.3 Å². The molecule has 1 atom stereocenters. The van der Waals surface area contributed by atoms with Crippen molar-refractivity contribution in [1.82, 2.24) is 15.1 Å². The van der Waals surface area contributed by atoms with Gasteiger partial charge in [-0.1, -0.05) is 12.1 Å². The Labute approximate surface area is 113 Å². The molecule has 0 radical (unpaired) electrons. The maximum absolute atomic E-state index is 5.54. The third kappa shape index (κ3) is 2.49. The predicted molar refractivity (Wildman–Crippen MR) is 74.1 cm³/mol. The van der Waals surface area contributed by atoms with Gasteiger partial charge in [-0.2, -0.15) is 5.10 Å². The van der Waals surface area contributed by atoms with E-state index in [9.17, 15) is 0 Å². The van der Waals surface area contributed by atoms with Crippen LogP contribution in [0.1, 0.15) is 29.8 Å². The van der Waals surface area contributed by atoms with E-state index in [2.05, 4.69) is 35.5 Å². The van der Waals surface area contributed by atoms with E-state index in [4.69, 9.17) is 4.74 Å². The van der Waals surface area contributed by atoms with Crippen molar-refractivity contribution in [3.63, 3.8) is 0 Å². The molecule has 100 valence electrons. The average molecular weight is 257 g/mol. The minimum absolute atomic E-state index is 0.320. The second-order valence-electron chi connectivity index (χ2n) is 5.01. The third-order valence-corrected chi connectivity index (χ3v) is 3.73. The van der Waals surface area contributed by atoms with E-state index in [0.717, 1.165) is 25.3 Å². The molecule has 0 spiro atoms. The second kappa shape index (κ2) is 5.05. The van der Waals surface area contributed by atoms with E-state index in [1.165, 1.54) is 16.8 Å². The lowest BCUT2D eigenvalue weighted by Crippen LogP contribution is -2.19. The van der Waals surface area contributed by atoms with Crippen LogP contribution in [-0.4, -0.2) is 16.4 Å². The van der Waals surface area contributed by atoms with Crippen molar-refractivity contribution in [1.29, 1.82) is 0 Å². The van der Waals surface area contributed by atoms with E-state index < -0.39 is 0 Å². The van der Waals surface area contributed by atoms with Crippen LogP contribution >= 0.6 is 0 Å². The molecule has 1 aromatic carbocycles. The first-order valence-electron chi connectivity index (χ1n) is 6.70. The average Bonchev–Trinajstić information content (AvgIpc) is 3.03. The van der Waals surface area contributed by atoms with Crippen LogP contribution in [0.25, 0.3) is 0 Å². The number of nitrogens with zero attached hydrogens (tertiary/aromatic N) is 2. The highest BCUT2D eigenvalue weighted by Crippen LogP contribution is 2.28. The maximum Gasteiger partial charge on any atom is 0.122 e. The van der Waals surface area contributed by atoms with Crippen molar-refractivity contribution >= 4 is 0 Å². The predicted octanol–water partition coefficient (Wildman–Crippen LogP) is 2.21. The molecule has 4 nitrogen and oxygen atoms in total. The molecule has 19 heavy (non-hydrogen) atoms. The highest BCUT2D eigenvalue weighted by atomic mass is 16.5. The van der Waals surface area contributed by atoms with E-state index in [-0.39, 0.29) is 0 Å².